The summed E-state index contributed by atoms with van der Waals surface area (Å²) in [5.74, 6) is -1.30. The topological polar surface area (TPSA) is 128 Å². The molecule has 5 N–H and O–H groups in total. The Morgan fingerprint density at radius 2 is 1.68 bits per heavy atom. The Bertz CT molecular complexity index is 1190. The maximum absolute atomic E-state index is 13.2. The molecule has 1 aliphatic heterocycles. The summed E-state index contributed by atoms with van der Waals surface area (Å²) in [6.07, 6.45) is 2.01. The first-order chi connectivity index (χ1) is 17.4. The molecule has 2 aromatic rings. The van der Waals surface area contributed by atoms with Crippen LogP contribution in [0.5, 0.6) is 0 Å². The van der Waals surface area contributed by atoms with Crippen molar-refractivity contribution < 1.29 is 19.5 Å². The summed E-state index contributed by atoms with van der Waals surface area (Å²) in [5, 5.41) is 15.7. The molecule has 0 bridgehead atoms. The molecule has 0 radical (unpaired) electrons. The molecule has 2 aliphatic rings. The third kappa shape index (κ3) is 6.22. The van der Waals surface area contributed by atoms with Crippen LogP contribution >= 0.6 is 0 Å². The smallest absolute Gasteiger partial charge is 0.321 e. The lowest BCUT2D eigenvalue weighted by Gasteiger charge is -2.43. The highest BCUT2D eigenvalue weighted by atomic mass is 16.4. The monoisotopic (exact) mass is 507 g/mol. The molecule has 1 unspecified atom stereocenters. The van der Waals surface area contributed by atoms with Gasteiger partial charge in [-0.05, 0) is 61.1 Å². The van der Waals surface area contributed by atoms with Gasteiger partial charge in [0.25, 0.3) is 11.8 Å². The third-order valence-corrected chi connectivity index (χ3v) is 7.04. The van der Waals surface area contributed by atoms with Crippen LogP contribution < -0.4 is 21.3 Å². The molecule has 1 atom stereocenters. The van der Waals surface area contributed by atoms with Crippen LogP contribution in [-0.2, 0) is 4.79 Å². The zero-order valence-electron chi connectivity index (χ0n) is 22.0. The molecule has 37 heavy (non-hydrogen) atoms. The van der Waals surface area contributed by atoms with Gasteiger partial charge in [0.05, 0.1) is 5.56 Å². The number of nitrogens with zero attached hydrogens (tertiary/aromatic N) is 2. The van der Waals surface area contributed by atoms with Gasteiger partial charge in [-0.25, -0.2) is 0 Å². The number of anilines is 3. The quantitative estimate of drug-likeness (QED) is 0.423. The Morgan fingerprint density at radius 1 is 1.00 bits per heavy atom. The van der Waals surface area contributed by atoms with Crippen molar-refractivity contribution in [2.45, 2.75) is 52.6 Å². The highest BCUT2D eigenvalue weighted by Crippen LogP contribution is 2.29. The summed E-state index contributed by atoms with van der Waals surface area (Å²) >= 11 is 0. The summed E-state index contributed by atoms with van der Waals surface area (Å²) < 4.78 is 0. The van der Waals surface area contributed by atoms with Gasteiger partial charge in [-0.3, -0.25) is 19.3 Å². The van der Waals surface area contributed by atoms with E-state index in [0.29, 0.717) is 48.7 Å². The molecule has 0 spiro atoms. The second-order valence-electron chi connectivity index (χ2n) is 11.1. The zero-order valence-corrected chi connectivity index (χ0v) is 22.0. The highest BCUT2D eigenvalue weighted by molar-refractivity contribution is 6.09. The molecule has 1 aliphatic carbocycles. The predicted octanol–water partition coefficient (Wildman–Crippen LogP) is 3.34. The molecule has 0 aromatic heterocycles. The fourth-order valence-electron chi connectivity index (χ4n) is 4.83. The van der Waals surface area contributed by atoms with Gasteiger partial charge in [0.1, 0.15) is 6.04 Å². The molecule has 198 valence electrons. The van der Waals surface area contributed by atoms with E-state index in [1.807, 2.05) is 44.7 Å². The molecule has 1 saturated carbocycles. The number of nitrogen functional groups attached to an aromatic ring is 1. The number of carboxylic acid groups (broad SMARTS) is 1. The zero-order chi connectivity index (χ0) is 26.9. The average Bonchev–Trinajstić information content (AvgIpc) is 3.64. The number of carbonyl (C=O) groups excluding carboxylic acids is 2. The summed E-state index contributed by atoms with van der Waals surface area (Å²) in [4.78, 5) is 41.7. The Morgan fingerprint density at radius 3 is 2.27 bits per heavy atom. The number of carbonyl (C=O) groups is 3. The molecule has 2 aromatic carbocycles. The maximum Gasteiger partial charge on any atom is 0.321 e. The number of aliphatic carboxylic acids is 1. The van der Waals surface area contributed by atoms with Gasteiger partial charge in [-0.1, -0.05) is 26.8 Å². The lowest BCUT2D eigenvalue weighted by atomic mass is 9.85. The van der Waals surface area contributed by atoms with Crippen molar-refractivity contribution in [3.8, 4) is 0 Å². The van der Waals surface area contributed by atoms with Crippen molar-refractivity contribution in [2.75, 3.05) is 42.1 Å². The first kappa shape index (κ1) is 26.5. The van der Waals surface area contributed by atoms with E-state index in [1.54, 1.807) is 24.3 Å². The Labute approximate surface area is 218 Å². The molecule has 2 fully saturated rings. The molecular weight excluding hydrogens is 470 g/mol. The van der Waals surface area contributed by atoms with Crippen LogP contribution in [0.1, 0.15) is 59.9 Å². The van der Waals surface area contributed by atoms with Gasteiger partial charge >= 0.3 is 5.97 Å². The second-order valence-corrected chi connectivity index (χ2v) is 11.1. The minimum absolute atomic E-state index is 0.143. The van der Waals surface area contributed by atoms with Gasteiger partial charge in [0.2, 0.25) is 0 Å². The molecule has 1 saturated heterocycles. The largest absolute Gasteiger partial charge is 0.480 e. The lowest BCUT2D eigenvalue weighted by Crippen LogP contribution is -2.56. The Hall–Kier alpha value is -3.59. The highest BCUT2D eigenvalue weighted by Gasteiger charge is 2.38. The minimum Gasteiger partial charge on any atom is -0.480 e. The van der Waals surface area contributed by atoms with Gasteiger partial charge in [-0.15, -0.1) is 0 Å². The SMILES string of the molecule is Cc1ccc(C(=O)NC2CC2)cc1NC(=O)c1cc(N2CCN(C(C(=O)O)C(C)(C)C)CC2)ccc1N. The van der Waals surface area contributed by atoms with E-state index in [2.05, 4.69) is 15.5 Å². The van der Waals surface area contributed by atoms with Crippen molar-refractivity contribution in [3.63, 3.8) is 0 Å². The summed E-state index contributed by atoms with van der Waals surface area (Å²) in [5.41, 5.74) is 9.27. The van der Waals surface area contributed by atoms with E-state index in [9.17, 15) is 19.5 Å². The standard InChI is InChI=1S/C28H37N5O4/c1-17-5-6-18(25(34)30-19-7-8-19)15-23(17)31-26(35)21-16-20(9-10-22(21)29)32-11-13-33(14-12-32)24(27(36)37)28(2,3)4/h5-6,9-10,15-16,19,24H,7-8,11-14,29H2,1-4H3,(H,30,34)(H,31,35)(H,36,37). The Balaban J connectivity index is 1.46. The van der Waals surface area contributed by atoms with Crippen LogP contribution in [0, 0.1) is 12.3 Å². The van der Waals surface area contributed by atoms with Crippen LogP contribution in [0.25, 0.3) is 0 Å². The molecule has 9 heteroatoms. The van der Waals surface area contributed by atoms with Crippen LogP contribution in [0.3, 0.4) is 0 Å². The molecule has 1 heterocycles. The average molecular weight is 508 g/mol. The molecule has 9 nitrogen and oxygen atoms in total. The first-order valence-corrected chi connectivity index (χ1v) is 12.8. The van der Waals surface area contributed by atoms with Gasteiger partial charge in [-0.2, -0.15) is 0 Å². The first-order valence-electron chi connectivity index (χ1n) is 12.8. The van der Waals surface area contributed by atoms with Crippen molar-refractivity contribution in [2.24, 2.45) is 5.41 Å². The van der Waals surface area contributed by atoms with Crippen molar-refractivity contribution in [1.29, 1.82) is 0 Å². The van der Waals surface area contributed by atoms with E-state index >= 15 is 0 Å². The summed E-state index contributed by atoms with van der Waals surface area (Å²) in [7, 11) is 0. The number of hydrogen-bond donors (Lipinski definition) is 4. The number of rotatable bonds is 7. The van der Waals surface area contributed by atoms with Crippen LogP contribution in [0.15, 0.2) is 36.4 Å². The molecular formula is C28H37N5O4. The van der Waals surface area contributed by atoms with E-state index < -0.39 is 12.0 Å². The van der Waals surface area contributed by atoms with E-state index in [0.717, 1.165) is 24.1 Å². The fourth-order valence-corrected chi connectivity index (χ4v) is 4.83. The predicted molar refractivity (Wildman–Crippen MR) is 145 cm³/mol. The van der Waals surface area contributed by atoms with Crippen molar-refractivity contribution in [1.82, 2.24) is 10.2 Å². The number of amides is 2. The third-order valence-electron chi connectivity index (χ3n) is 7.04. The van der Waals surface area contributed by atoms with Gasteiger partial charge in [0, 0.05) is 54.8 Å². The van der Waals surface area contributed by atoms with Crippen LogP contribution in [-0.4, -0.2) is 66.1 Å². The fraction of sp³-hybridized carbons (Fsp3) is 0.464. The van der Waals surface area contributed by atoms with Crippen LogP contribution in [0.2, 0.25) is 0 Å². The van der Waals surface area contributed by atoms with E-state index in [4.69, 9.17) is 5.73 Å². The molecule has 2 amide bonds. The number of hydrogen-bond acceptors (Lipinski definition) is 6. The number of piperazine rings is 1. The Kier molecular flexibility index (Phi) is 7.45. The van der Waals surface area contributed by atoms with Crippen molar-refractivity contribution in [3.05, 3.63) is 53.1 Å². The summed E-state index contributed by atoms with van der Waals surface area (Å²) in [6.45, 7) is 10.2. The number of nitrogens with two attached hydrogens (primary N) is 1. The number of aryl methyl sites for hydroxylation is 1. The van der Waals surface area contributed by atoms with Gasteiger partial charge < -0.3 is 26.4 Å². The normalized spacial score (nSPS) is 17.2. The van der Waals surface area contributed by atoms with E-state index in [-0.39, 0.29) is 23.3 Å². The van der Waals surface area contributed by atoms with Crippen LogP contribution in [0.4, 0.5) is 17.1 Å². The van der Waals surface area contributed by atoms with Crippen molar-refractivity contribution >= 4 is 34.8 Å². The van der Waals surface area contributed by atoms with Gasteiger partial charge in [0.15, 0.2) is 0 Å². The summed E-state index contributed by atoms with van der Waals surface area (Å²) in [6, 6.07) is 10.3. The minimum atomic E-state index is -0.809. The van der Waals surface area contributed by atoms with E-state index in [1.165, 1.54) is 0 Å². The molecule has 4 rings (SSSR count). The lowest BCUT2D eigenvalue weighted by molar-refractivity contribution is -0.147. The number of benzene rings is 2. The number of nitrogens with one attached hydrogen (secondary N) is 2. The second kappa shape index (κ2) is 10.4. The number of carboxylic acids is 1. The maximum atomic E-state index is 13.2.